The monoisotopic (exact) mass is 302 g/mol. The van der Waals surface area contributed by atoms with Gasteiger partial charge in [-0.25, -0.2) is 4.98 Å². The van der Waals surface area contributed by atoms with Gasteiger partial charge in [-0.1, -0.05) is 23.2 Å². The summed E-state index contributed by atoms with van der Waals surface area (Å²) in [6.07, 6.45) is 1.67. The van der Waals surface area contributed by atoms with Crippen LogP contribution in [-0.4, -0.2) is 28.0 Å². The van der Waals surface area contributed by atoms with Crippen molar-refractivity contribution < 1.29 is 14.7 Å². The number of aromatic nitrogens is 1. The summed E-state index contributed by atoms with van der Waals surface area (Å²) >= 11 is 11.5. The van der Waals surface area contributed by atoms with Gasteiger partial charge in [-0.05, 0) is 31.4 Å². The van der Waals surface area contributed by atoms with Gasteiger partial charge in [0.05, 0.1) is 11.5 Å². The van der Waals surface area contributed by atoms with E-state index >= 15 is 0 Å². The molecule has 0 radical (unpaired) electrons. The van der Waals surface area contributed by atoms with Gasteiger partial charge >= 0.3 is 5.97 Å². The number of halogens is 2. The highest BCUT2D eigenvalue weighted by Gasteiger charge is 2.31. The summed E-state index contributed by atoms with van der Waals surface area (Å²) in [7, 11) is 0. The largest absolute Gasteiger partial charge is 0.481 e. The van der Waals surface area contributed by atoms with Gasteiger partial charge in [0.15, 0.2) is 0 Å². The lowest BCUT2D eigenvalue weighted by molar-refractivity contribution is -0.141. The topological polar surface area (TPSA) is 79.3 Å². The van der Waals surface area contributed by atoms with Crippen LogP contribution < -0.4 is 5.32 Å². The van der Waals surface area contributed by atoms with Crippen LogP contribution in [0.5, 0.6) is 0 Å². The molecule has 1 aliphatic carbocycles. The summed E-state index contributed by atoms with van der Waals surface area (Å²) < 4.78 is 0. The Labute approximate surface area is 119 Å². The van der Waals surface area contributed by atoms with E-state index in [4.69, 9.17) is 28.3 Å². The third kappa shape index (κ3) is 3.36. The highest BCUT2D eigenvalue weighted by molar-refractivity contribution is 6.34. The van der Waals surface area contributed by atoms with Crippen LogP contribution in [0.1, 0.15) is 29.6 Å². The van der Waals surface area contributed by atoms with E-state index in [9.17, 15) is 9.59 Å². The molecule has 1 saturated carbocycles. The summed E-state index contributed by atoms with van der Waals surface area (Å²) in [5.74, 6) is -1.56. The lowest BCUT2D eigenvalue weighted by atomic mass is 10.1. The molecule has 1 heterocycles. The van der Waals surface area contributed by atoms with Crippen molar-refractivity contribution in [2.45, 2.75) is 25.3 Å². The second-order valence-electron chi connectivity index (χ2n) is 4.49. The molecule has 1 aliphatic rings. The summed E-state index contributed by atoms with van der Waals surface area (Å²) in [6, 6.07) is 2.84. The fourth-order valence-electron chi connectivity index (χ4n) is 2.18. The van der Waals surface area contributed by atoms with Crippen molar-refractivity contribution in [3.05, 3.63) is 28.0 Å². The van der Waals surface area contributed by atoms with Crippen LogP contribution in [0.3, 0.4) is 0 Å². The minimum absolute atomic E-state index is 0.0396. The molecular formula is C12H12Cl2N2O3. The first-order valence-corrected chi connectivity index (χ1v) is 6.58. The SMILES string of the molecule is O=C(NC1CCC(C(=O)O)C1)c1ccc(Cl)nc1Cl. The van der Waals surface area contributed by atoms with E-state index in [0.29, 0.717) is 19.3 Å². The van der Waals surface area contributed by atoms with Crippen LogP contribution in [0.2, 0.25) is 10.3 Å². The maximum absolute atomic E-state index is 12.0. The Hall–Kier alpha value is -1.33. The molecule has 1 fully saturated rings. The first-order valence-electron chi connectivity index (χ1n) is 5.83. The zero-order valence-electron chi connectivity index (χ0n) is 9.90. The summed E-state index contributed by atoms with van der Waals surface area (Å²) in [6.45, 7) is 0. The molecule has 7 heteroatoms. The second-order valence-corrected chi connectivity index (χ2v) is 5.24. The second kappa shape index (κ2) is 5.75. The van der Waals surface area contributed by atoms with Crippen LogP contribution in [0.15, 0.2) is 12.1 Å². The van der Waals surface area contributed by atoms with E-state index in [2.05, 4.69) is 10.3 Å². The van der Waals surface area contributed by atoms with Gasteiger partial charge in [-0.2, -0.15) is 0 Å². The maximum atomic E-state index is 12.0. The van der Waals surface area contributed by atoms with E-state index in [1.54, 1.807) is 0 Å². The third-order valence-corrected chi connectivity index (χ3v) is 3.68. The van der Waals surface area contributed by atoms with Crippen molar-refractivity contribution in [2.24, 2.45) is 5.92 Å². The molecule has 2 unspecified atom stereocenters. The Morgan fingerprint density at radius 2 is 2.05 bits per heavy atom. The van der Waals surface area contributed by atoms with Crippen LogP contribution in [0, 0.1) is 5.92 Å². The average Bonchev–Trinajstić information content (AvgIpc) is 2.77. The molecular weight excluding hydrogens is 291 g/mol. The molecule has 1 aromatic rings. The van der Waals surface area contributed by atoms with Gasteiger partial charge < -0.3 is 10.4 Å². The van der Waals surface area contributed by atoms with Gasteiger partial charge in [0.25, 0.3) is 5.91 Å². The zero-order chi connectivity index (χ0) is 14.0. The first-order chi connectivity index (χ1) is 8.97. The first kappa shape index (κ1) is 14.1. The summed E-state index contributed by atoms with van der Waals surface area (Å²) in [4.78, 5) is 26.6. The molecule has 19 heavy (non-hydrogen) atoms. The molecule has 2 rings (SSSR count). The van der Waals surface area contributed by atoms with Gasteiger partial charge in [-0.15, -0.1) is 0 Å². The maximum Gasteiger partial charge on any atom is 0.306 e. The summed E-state index contributed by atoms with van der Waals surface area (Å²) in [5.41, 5.74) is 0.241. The molecule has 1 amide bonds. The van der Waals surface area contributed by atoms with E-state index in [1.165, 1.54) is 12.1 Å². The molecule has 5 nitrogen and oxygen atoms in total. The quantitative estimate of drug-likeness (QED) is 0.840. The Morgan fingerprint density at radius 1 is 1.32 bits per heavy atom. The minimum atomic E-state index is -0.817. The lowest BCUT2D eigenvalue weighted by Crippen LogP contribution is -2.33. The number of hydrogen-bond donors (Lipinski definition) is 2. The predicted molar refractivity (Wildman–Crippen MR) is 70.5 cm³/mol. The number of carboxylic acid groups (broad SMARTS) is 1. The number of hydrogen-bond acceptors (Lipinski definition) is 3. The number of rotatable bonds is 3. The number of carbonyl (C=O) groups excluding carboxylic acids is 1. The average molecular weight is 303 g/mol. The van der Waals surface area contributed by atoms with E-state index in [-0.39, 0.29) is 33.7 Å². The van der Waals surface area contributed by atoms with E-state index in [0.717, 1.165) is 0 Å². The van der Waals surface area contributed by atoms with Crippen molar-refractivity contribution in [1.29, 1.82) is 0 Å². The number of aliphatic carboxylic acids is 1. The van der Waals surface area contributed by atoms with Gasteiger partial charge in [0.2, 0.25) is 0 Å². The molecule has 102 valence electrons. The minimum Gasteiger partial charge on any atom is -0.481 e. The van der Waals surface area contributed by atoms with Crippen LogP contribution in [0.25, 0.3) is 0 Å². The zero-order valence-corrected chi connectivity index (χ0v) is 11.4. The number of pyridine rings is 1. The van der Waals surface area contributed by atoms with Crippen LogP contribution in [-0.2, 0) is 4.79 Å². The van der Waals surface area contributed by atoms with E-state index < -0.39 is 5.97 Å². The van der Waals surface area contributed by atoms with Crippen molar-refractivity contribution in [2.75, 3.05) is 0 Å². The number of amides is 1. The summed E-state index contributed by atoms with van der Waals surface area (Å²) in [5, 5.41) is 11.9. The molecule has 0 saturated heterocycles. The number of carboxylic acids is 1. The van der Waals surface area contributed by atoms with Crippen LogP contribution >= 0.6 is 23.2 Å². The predicted octanol–water partition coefficient (Wildman–Crippen LogP) is 2.37. The fraction of sp³-hybridized carbons (Fsp3) is 0.417. The number of carbonyl (C=O) groups is 2. The Bertz CT molecular complexity index is 522. The van der Waals surface area contributed by atoms with Crippen molar-refractivity contribution in [3.63, 3.8) is 0 Å². The highest BCUT2D eigenvalue weighted by atomic mass is 35.5. The molecule has 0 aliphatic heterocycles. The molecule has 2 atom stereocenters. The fourth-order valence-corrected chi connectivity index (χ4v) is 2.61. The standard InChI is InChI=1S/C12H12Cl2N2O3/c13-9-4-3-8(10(14)16-9)11(17)15-7-2-1-6(5-7)12(18)19/h3-4,6-7H,1-2,5H2,(H,15,17)(H,18,19). The van der Waals surface area contributed by atoms with Crippen LogP contribution in [0.4, 0.5) is 0 Å². The Morgan fingerprint density at radius 3 is 2.63 bits per heavy atom. The van der Waals surface area contributed by atoms with Crippen molar-refractivity contribution >= 4 is 35.1 Å². The van der Waals surface area contributed by atoms with Gasteiger partial charge in [-0.3, -0.25) is 9.59 Å². The molecule has 0 bridgehead atoms. The Balaban J connectivity index is 2.00. The highest BCUT2D eigenvalue weighted by Crippen LogP contribution is 2.26. The normalized spacial score (nSPS) is 22.2. The third-order valence-electron chi connectivity index (χ3n) is 3.18. The molecule has 1 aromatic heterocycles. The number of nitrogens with zero attached hydrogens (tertiary/aromatic N) is 1. The van der Waals surface area contributed by atoms with Crippen molar-refractivity contribution in [1.82, 2.24) is 10.3 Å². The number of nitrogens with one attached hydrogen (secondary N) is 1. The van der Waals surface area contributed by atoms with Gasteiger partial charge in [0.1, 0.15) is 10.3 Å². The van der Waals surface area contributed by atoms with Crippen molar-refractivity contribution in [3.8, 4) is 0 Å². The molecule has 0 aromatic carbocycles. The smallest absolute Gasteiger partial charge is 0.306 e. The molecule has 0 spiro atoms. The Kier molecular flexibility index (Phi) is 4.27. The van der Waals surface area contributed by atoms with Gasteiger partial charge in [0, 0.05) is 6.04 Å². The molecule has 2 N–H and O–H groups in total. The van der Waals surface area contributed by atoms with E-state index in [1.807, 2.05) is 0 Å². The lowest BCUT2D eigenvalue weighted by Gasteiger charge is -2.12.